The molecule has 1 aliphatic heterocycles. The van der Waals surface area contributed by atoms with Crippen molar-refractivity contribution in [2.24, 2.45) is 5.92 Å². The average molecular weight is 440 g/mol. The molecule has 0 radical (unpaired) electrons. The Morgan fingerprint density at radius 3 is 2.66 bits per heavy atom. The fourth-order valence-corrected chi connectivity index (χ4v) is 5.30. The van der Waals surface area contributed by atoms with Crippen molar-refractivity contribution in [3.63, 3.8) is 0 Å². The van der Waals surface area contributed by atoms with Gasteiger partial charge in [0.1, 0.15) is 11.8 Å². The first-order valence-electron chi connectivity index (χ1n) is 12.1. The van der Waals surface area contributed by atoms with Gasteiger partial charge in [-0.3, -0.25) is 4.79 Å². The van der Waals surface area contributed by atoms with E-state index in [1.54, 1.807) is 7.11 Å². The number of likely N-dealkylation sites (tertiary alicyclic amines) is 1. The molecule has 3 aliphatic rings. The summed E-state index contributed by atoms with van der Waals surface area (Å²) in [5.41, 5.74) is 0.658. The summed E-state index contributed by atoms with van der Waals surface area (Å²) in [6.07, 6.45) is 9.47. The molecule has 1 saturated heterocycles. The van der Waals surface area contributed by atoms with Gasteiger partial charge in [0.2, 0.25) is 11.8 Å². The molecule has 2 saturated carbocycles. The molecule has 1 atom stereocenters. The lowest BCUT2D eigenvalue weighted by atomic mass is 9.94. The van der Waals surface area contributed by atoms with Gasteiger partial charge >= 0.3 is 0 Å². The minimum absolute atomic E-state index is 0.126. The Bertz CT molecular complexity index is 916. The highest BCUT2D eigenvalue weighted by molar-refractivity contribution is 5.91. The zero-order valence-electron chi connectivity index (χ0n) is 18.9. The van der Waals surface area contributed by atoms with Crippen LogP contribution in [0.5, 0.6) is 5.75 Å². The smallest absolute Gasteiger partial charge is 0.249 e. The molecule has 1 aromatic carbocycles. The van der Waals surface area contributed by atoms with E-state index in [1.165, 1.54) is 25.7 Å². The van der Waals surface area contributed by atoms with Crippen LogP contribution in [0.25, 0.3) is 0 Å². The highest BCUT2D eigenvalue weighted by Crippen LogP contribution is 2.51. The van der Waals surface area contributed by atoms with E-state index in [9.17, 15) is 4.79 Å². The molecule has 0 N–H and O–H groups in total. The molecule has 1 aromatic heterocycles. The first kappa shape index (κ1) is 21.4. The van der Waals surface area contributed by atoms with E-state index in [1.807, 2.05) is 29.2 Å². The molecule has 7 heteroatoms. The number of nitrogens with zero attached hydrogens (tertiary/aromatic N) is 3. The molecule has 2 aliphatic carbocycles. The number of rotatable bonds is 9. The van der Waals surface area contributed by atoms with Gasteiger partial charge in [-0.1, -0.05) is 30.1 Å². The molecule has 0 bridgehead atoms. The third kappa shape index (κ3) is 4.27. The van der Waals surface area contributed by atoms with Crippen LogP contribution in [0.2, 0.25) is 0 Å². The van der Waals surface area contributed by atoms with Crippen LogP contribution in [0.4, 0.5) is 0 Å². The number of methoxy groups -OCH3 is 1. The lowest BCUT2D eigenvalue weighted by Crippen LogP contribution is -2.39. The van der Waals surface area contributed by atoms with Crippen molar-refractivity contribution in [2.75, 3.05) is 26.9 Å². The second-order valence-corrected chi connectivity index (χ2v) is 9.49. The van der Waals surface area contributed by atoms with Gasteiger partial charge in [0.25, 0.3) is 0 Å². The van der Waals surface area contributed by atoms with Crippen molar-refractivity contribution in [3.8, 4) is 5.75 Å². The zero-order valence-corrected chi connectivity index (χ0v) is 18.9. The van der Waals surface area contributed by atoms with Gasteiger partial charge in [0, 0.05) is 19.6 Å². The minimum Gasteiger partial charge on any atom is -0.497 e. The molecule has 172 valence electrons. The maximum atomic E-state index is 13.6. The third-order valence-corrected chi connectivity index (χ3v) is 7.38. The minimum atomic E-state index is -0.411. The van der Waals surface area contributed by atoms with Crippen molar-refractivity contribution < 1.29 is 18.8 Å². The lowest BCUT2D eigenvalue weighted by molar-refractivity contribution is -0.135. The Labute approximate surface area is 189 Å². The van der Waals surface area contributed by atoms with Crippen molar-refractivity contribution in [1.29, 1.82) is 0 Å². The number of ether oxygens (including phenoxy) is 2. The predicted molar refractivity (Wildman–Crippen MR) is 118 cm³/mol. The largest absolute Gasteiger partial charge is 0.497 e. The Morgan fingerprint density at radius 2 is 1.94 bits per heavy atom. The quantitative estimate of drug-likeness (QED) is 0.545. The number of benzene rings is 1. The van der Waals surface area contributed by atoms with Crippen molar-refractivity contribution in [2.45, 2.75) is 69.2 Å². The van der Waals surface area contributed by atoms with Crippen LogP contribution in [0.3, 0.4) is 0 Å². The number of amides is 1. The van der Waals surface area contributed by atoms with Crippen molar-refractivity contribution >= 4 is 5.91 Å². The van der Waals surface area contributed by atoms with Gasteiger partial charge in [-0.25, -0.2) is 0 Å². The molecule has 5 rings (SSSR count). The molecule has 3 fully saturated rings. The Morgan fingerprint density at radius 1 is 1.16 bits per heavy atom. The fraction of sp³-hybridized carbons (Fsp3) is 0.640. The standard InChI is InChI=1S/C25H33N3O4/c1-30-20-10-8-19(9-11-20)25(13-14-25)24(29)28-15-4-7-21(28)23-26-22(27-32-23)12-16-31-17-18-5-2-3-6-18/h8-11,18,21H,2-7,12-17H2,1H3. The fourth-order valence-electron chi connectivity index (χ4n) is 5.30. The molecule has 2 heterocycles. The van der Waals surface area contributed by atoms with Gasteiger partial charge in [-0.15, -0.1) is 0 Å². The van der Waals surface area contributed by atoms with Crippen LogP contribution < -0.4 is 4.74 Å². The predicted octanol–water partition coefficient (Wildman–Crippen LogP) is 4.22. The first-order valence-corrected chi connectivity index (χ1v) is 12.1. The van der Waals surface area contributed by atoms with Gasteiger partial charge in [-0.05, 0) is 62.1 Å². The number of carbonyl (C=O) groups is 1. The maximum Gasteiger partial charge on any atom is 0.249 e. The van der Waals surface area contributed by atoms with Crippen molar-refractivity contribution in [3.05, 3.63) is 41.5 Å². The summed E-state index contributed by atoms with van der Waals surface area (Å²) < 4.78 is 16.7. The van der Waals surface area contributed by atoms with Crippen molar-refractivity contribution in [1.82, 2.24) is 15.0 Å². The number of aromatic nitrogens is 2. The molecule has 1 unspecified atom stereocenters. The number of carbonyl (C=O) groups excluding carboxylic acids is 1. The zero-order chi connectivity index (χ0) is 22.0. The summed E-state index contributed by atoms with van der Waals surface area (Å²) in [5.74, 6) is 2.94. The maximum absolute atomic E-state index is 13.6. The second-order valence-electron chi connectivity index (χ2n) is 9.49. The molecule has 7 nitrogen and oxygen atoms in total. The van der Waals surface area contributed by atoms with Gasteiger partial charge in [-0.2, -0.15) is 4.98 Å². The highest BCUT2D eigenvalue weighted by Gasteiger charge is 2.55. The SMILES string of the molecule is COc1ccc(C2(C(=O)N3CCCC3c3nc(CCOCC4CCCC4)no3)CC2)cc1. The second kappa shape index (κ2) is 9.22. The molecule has 0 spiro atoms. The van der Waals surface area contributed by atoms with Gasteiger partial charge in [0.15, 0.2) is 5.82 Å². The number of hydrogen-bond acceptors (Lipinski definition) is 6. The Balaban J connectivity index is 1.20. The van der Waals surface area contributed by atoms with E-state index < -0.39 is 5.41 Å². The summed E-state index contributed by atoms with van der Waals surface area (Å²) in [4.78, 5) is 20.2. The Kier molecular flexibility index (Phi) is 6.17. The lowest BCUT2D eigenvalue weighted by Gasteiger charge is -2.27. The summed E-state index contributed by atoms with van der Waals surface area (Å²) in [5, 5.41) is 4.16. The van der Waals surface area contributed by atoms with Crippen LogP contribution in [-0.4, -0.2) is 47.8 Å². The van der Waals surface area contributed by atoms with Crippen LogP contribution in [0, 0.1) is 5.92 Å². The molecule has 2 aromatic rings. The van der Waals surface area contributed by atoms with E-state index in [2.05, 4.69) is 10.1 Å². The summed E-state index contributed by atoms with van der Waals surface area (Å²) in [6, 6.07) is 7.78. The van der Waals surface area contributed by atoms with Crippen LogP contribution >= 0.6 is 0 Å². The summed E-state index contributed by atoms with van der Waals surface area (Å²) >= 11 is 0. The van der Waals surface area contributed by atoms with Gasteiger partial charge in [0.05, 0.1) is 19.1 Å². The molecule has 32 heavy (non-hydrogen) atoms. The monoisotopic (exact) mass is 439 g/mol. The van der Waals surface area contributed by atoms with E-state index in [-0.39, 0.29) is 11.9 Å². The normalized spacial score (nSPS) is 22.4. The molecular formula is C25H33N3O4. The van der Waals surface area contributed by atoms with Gasteiger partial charge < -0.3 is 18.9 Å². The Hall–Kier alpha value is -2.41. The summed E-state index contributed by atoms with van der Waals surface area (Å²) in [7, 11) is 1.66. The summed E-state index contributed by atoms with van der Waals surface area (Å²) in [6.45, 7) is 2.19. The van der Waals surface area contributed by atoms with Crippen LogP contribution in [0.1, 0.15) is 74.7 Å². The molecule has 1 amide bonds. The topological polar surface area (TPSA) is 77.7 Å². The average Bonchev–Trinajstić information content (AvgIpc) is 3.22. The number of hydrogen-bond donors (Lipinski definition) is 0. The first-order chi connectivity index (χ1) is 15.7. The van der Waals surface area contributed by atoms with Crippen LogP contribution in [0.15, 0.2) is 28.8 Å². The van der Waals surface area contributed by atoms with E-state index in [0.717, 1.165) is 50.1 Å². The van der Waals surface area contributed by atoms with Crippen LogP contribution in [-0.2, 0) is 21.4 Å². The third-order valence-electron chi connectivity index (χ3n) is 7.38. The van der Waals surface area contributed by atoms with E-state index in [0.29, 0.717) is 30.7 Å². The van der Waals surface area contributed by atoms with E-state index >= 15 is 0 Å². The molecular weight excluding hydrogens is 406 g/mol. The van der Waals surface area contributed by atoms with E-state index in [4.69, 9.17) is 14.0 Å². The highest BCUT2D eigenvalue weighted by atomic mass is 16.5.